The smallest absolute Gasteiger partial charge is 0.277 e. The molecule has 1 fully saturated rings. The normalized spacial score (nSPS) is 15.7. The summed E-state index contributed by atoms with van der Waals surface area (Å²) in [6, 6.07) is 5.51. The molecule has 3 rings (SSSR count). The molecule has 7 nitrogen and oxygen atoms in total. The number of hydrogen-bond donors (Lipinski definition) is 1. The maximum absolute atomic E-state index is 12.2. The highest BCUT2D eigenvalue weighted by molar-refractivity contribution is 6.02. The lowest BCUT2D eigenvalue weighted by Gasteiger charge is -2.34. The molecule has 0 atom stereocenters. The molecule has 23 heavy (non-hydrogen) atoms. The van der Waals surface area contributed by atoms with Crippen molar-refractivity contribution < 1.29 is 4.79 Å². The van der Waals surface area contributed by atoms with Gasteiger partial charge in [-0.2, -0.15) is 5.10 Å². The number of aromatic nitrogens is 3. The van der Waals surface area contributed by atoms with Crippen LogP contribution < -0.4 is 10.2 Å². The van der Waals surface area contributed by atoms with Crippen LogP contribution in [0.2, 0.25) is 0 Å². The highest BCUT2D eigenvalue weighted by atomic mass is 16.2. The van der Waals surface area contributed by atoms with E-state index in [-0.39, 0.29) is 5.91 Å². The Morgan fingerprint density at radius 1 is 1.13 bits per heavy atom. The van der Waals surface area contributed by atoms with Crippen LogP contribution in [0.3, 0.4) is 0 Å². The molecule has 3 heterocycles. The molecule has 2 aromatic heterocycles. The molecule has 7 heteroatoms. The van der Waals surface area contributed by atoms with E-state index in [4.69, 9.17) is 0 Å². The van der Waals surface area contributed by atoms with E-state index in [0.29, 0.717) is 11.5 Å². The summed E-state index contributed by atoms with van der Waals surface area (Å²) in [6.45, 7) is 5.98. The van der Waals surface area contributed by atoms with Gasteiger partial charge in [-0.15, -0.1) is 0 Å². The van der Waals surface area contributed by atoms with Crippen molar-refractivity contribution in [1.29, 1.82) is 0 Å². The first kappa shape index (κ1) is 15.5. The first-order valence-corrected chi connectivity index (χ1v) is 7.75. The van der Waals surface area contributed by atoms with Crippen molar-refractivity contribution in [2.24, 2.45) is 7.05 Å². The standard InChI is InChI=1S/C16H22N6O/c1-12-4-5-14(18-16(23)13-6-7-21(3)19-13)17-15(12)22-10-8-20(2)9-11-22/h4-7H,8-11H2,1-3H3,(H,17,18,23). The Balaban J connectivity index is 1.76. The van der Waals surface area contributed by atoms with Crippen molar-refractivity contribution in [1.82, 2.24) is 19.7 Å². The number of pyridine rings is 1. The van der Waals surface area contributed by atoms with Gasteiger partial charge in [0.1, 0.15) is 11.6 Å². The van der Waals surface area contributed by atoms with Crippen LogP contribution in [0.4, 0.5) is 11.6 Å². The average Bonchev–Trinajstić information content (AvgIpc) is 2.97. The largest absolute Gasteiger partial charge is 0.354 e. The van der Waals surface area contributed by atoms with Crippen LogP contribution >= 0.6 is 0 Å². The van der Waals surface area contributed by atoms with Crippen LogP contribution in [0.1, 0.15) is 16.1 Å². The van der Waals surface area contributed by atoms with Gasteiger partial charge in [0, 0.05) is 39.4 Å². The minimum absolute atomic E-state index is 0.244. The number of nitrogens with zero attached hydrogens (tertiary/aromatic N) is 5. The molecule has 0 unspecified atom stereocenters. The van der Waals surface area contributed by atoms with E-state index in [1.54, 1.807) is 24.0 Å². The van der Waals surface area contributed by atoms with Gasteiger partial charge in [0.25, 0.3) is 5.91 Å². The monoisotopic (exact) mass is 314 g/mol. The first-order valence-electron chi connectivity index (χ1n) is 7.75. The number of carbonyl (C=O) groups is 1. The second-order valence-electron chi connectivity index (χ2n) is 5.96. The SMILES string of the molecule is Cc1ccc(NC(=O)c2ccn(C)n2)nc1N1CCN(C)CC1. The van der Waals surface area contributed by atoms with E-state index in [1.165, 1.54) is 0 Å². The van der Waals surface area contributed by atoms with E-state index >= 15 is 0 Å². The third-order valence-corrected chi connectivity index (χ3v) is 4.06. The number of aryl methyl sites for hydroxylation is 2. The third kappa shape index (κ3) is 3.50. The van der Waals surface area contributed by atoms with Crippen molar-refractivity contribution in [3.63, 3.8) is 0 Å². The molecule has 0 saturated carbocycles. The van der Waals surface area contributed by atoms with Crippen molar-refractivity contribution in [2.75, 3.05) is 43.4 Å². The minimum atomic E-state index is -0.244. The molecule has 0 aromatic carbocycles. The molecule has 1 aliphatic rings. The van der Waals surface area contributed by atoms with E-state index in [0.717, 1.165) is 37.6 Å². The maximum atomic E-state index is 12.2. The molecule has 0 radical (unpaired) electrons. The molecular weight excluding hydrogens is 292 g/mol. The number of piperazine rings is 1. The number of nitrogens with one attached hydrogen (secondary N) is 1. The van der Waals surface area contributed by atoms with Crippen LogP contribution in [0, 0.1) is 6.92 Å². The summed E-state index contributed by atoms with van der Waals surface area (Å²) in [4.78, 5) is 21.4. The van der Waals surface area contributed by atoms with E-state index < -0.39 is 0 Å². The summed E-state index contributed by atoms with van der Waals surface area (Å²) in [6.07, 6.45) is 1.74. The Hall–Kier alpha value is -2.41. The van der Waals surface area contributed by atoms with Crippen LogP contribution in [0.5, 0.6) is 0 Å². The predicted octanol–water partition coefficient (Wildman–Crippen LogP) is 1.13. The number of likely N-dealkylation sites (N-methyl/N-ethyl adjacent to an activating group) is 1. The number of carbonyl (C=O) groups excluding carboxylic acids is 1. The Labute approximate surface area is 135 Å². The van der Waals surface area contributed by atoms with Crippen molar-refractivity contribution in [3.05, 3.63) is 35.7 Å². The van der Waals surface area contributed by atoms with Crippen molar-refractivity contribution >= 4 is 17.5 Å². The van der Waals surface area contributed by atoms with Gasteiger partial charge < -0.3 is 15.1 Å². The summed E-state index contributed by atoms with van der Waals surface area (Å²) < 4.78 is 1.60. The number of hydrogen-bond acceptors (Lipinski definition) is 5. The summed E-state index contributed by atoms with van der Waals surface area (Å²) in [5, 5.41) is 6.93. The van der Waals surface area contributed by atoms with Gasteiger partial charge in [-0.3, -0.25) is 9.48 Å². The summed E-state index contributed by atoms with van der Waals surface area (Å²) >= 11 is 0. The molecule has 1 saturated heterocycles. The van der Waals surface area contributed by atoms with Gasteiger partial charge in [0.15, 0.2) is 5.69 Å². The second kappa shape index (κ2) is 6.37. The minimum Gasteiger partial charge on any atom is -0.354 e. The lowest BCUT2D eigenvalue weighted by Crippen LogP contribution is -2.45. The third-order valence-electron chi connectivity index (χ3n) is 4.06. The molecular formula is C16H22N6O. The Kier molecular flexibility index (Phi) is 4.29. The van der Waals surface area contributed by atoms with E-state index in [9.17, 15) is 4.79 Å². The van der Waals surface area contributed by atoms with Crippen LogP contribution in [0.15, 0.2) is 24.4 Å². The first-order chi connectivity index (χ1) is 11.0. The van der Waals surface area contributed by atoms with Crippen LogP contribution in [-0.4, -0.2) is 58.8 Å². The molecule has 122 valence electrons. The summed E-state index contributed by atoms with van der Waals surface area (Å²) in [5.74, 6) is 1.25. The molecule has 1 aliphatic heterocycles. The van der Waals surface area contributed by atoms with Crippen LogP contribution in [-0.2, 0) is 7.05 Å². The van der Waals surface area contributed by atoms with Gasteiger partial charge in [0.2, 0.25) is 0 Å². The fraction of sp³-hybridized carbons (Fsp3) is 0.438. The molecule has 1 N–H and O–H groups in total. The predicted molar refractivity (Wildman–Crippen MR) is 89.8 cm³/mol. The lowest BCUT2D eigenvalue weighted by atomic mass is 10.2. The lowest BCUT2D eigenvalue weighted by molar-refractivity contribution is 0.102. The maximum Gasteiger partial charge on any atom is 0.277 e. The Bertz CT molecular complexity index is 702. The highest BCUT2D eigenvalue weighted by Crippen LogP contribution is 2.21. The van der Waals surface area contributed by atoms with Gasteiger partial charge >= 0.3 is 0 Å². The fourth-order valence-corrected chi connectivity index (χ4v) is 2.64. The zero-order valence-corrected chi connectivity index (χ0v) is 13.8. The zero-order chi connectivity index (χ0) is 16.4. The number of amides is 1. The van der Waals surface area contributed by atoms with Gasteiger partial charge in [-0.05, 0) is 31.7 Å². The molecule has 0 aliphatic carbocycles. The van der Waals surface area contributed by atoms with E-state index in [2.05, 4.69) is 32.2 Å². The van der Waals surface area contributed by atoms with Crippen LogP contribution in [0.25, 0.3) is 0 Å². The molecule has 0 bridgehead atoms. The van der Waals surface area contributed by atoms with Crippen molar-refractivity contribution in [2.45, 2.75) is 6.92 Å². The summed E-state index contributed by atoms with van der Waals surface area (Å²) in [5.41, 5.74) is 1.50. The van der Waals surface area contributed by atoms with Crippen molar-refractivity contribution in [3.8, 4) is 0 Å². The van der Waals surface area contributed by atoms with E-state index in [1.807, 2.05) is 19.1 Å². The number of rotatable bonds is 3. The summed E-state index contributed by atoms with van der Waals surface area (Å²) in [7, 11) is 3.91. The molecule has 2 aromatic rings. The quantitative estimate of drug-likeness (QED) is 0.920. The molecule has 1 amide bonds. The average molecular weight is 314 g/mol. The second-order valence-corrected chi connectivity index (χ2v) is 5.96. The molecule has 0 spiro atoms. The number of anilines is 2. The Morgan fingerprint density at radius 3 is 2.52 bits per heavy atom. The Morgan fingerprint density at radius 2 is 1.87 bits per heavy atom. The fourth-order valence-electron chi connectivity index (χ4n) is 2.64. The zero-order valence-electron chi connectivity index (χ0n) is 13.8. The van der Waals surface area contributed by atoms with Gasteiger partial charge in [-0.1, -0.05) is 6.07 Å². The van der Waals surface area contributed by atoms with Gasteiger partial charge in [-0.25, -0.2) is 4.98 Å². The highest BCUT2D eigenvalue weighted by Gasteiger charge is 2.18. The van der Waals surface area contributed by atoms with Gasteiger partial charge in [0.05, 0.1) is 0 Å². The topological polar surface area (TPSA) is 66.3 Å².